The summed E-state index contributed by atoms with van der Waals surface area (Å²) in [6, 6.07) is 17.3. The number of fused-ring (bicyclic) bond motifs is 1. The molecule has 0 atom stereocenters. The molecule has 0 aliphatic rings. The second kappa shape index (κ2) is 10.3. The van der Waals surface area contributed by atoms with Crippen LogP contribution in [0.1, 0.15) is 52.6 Å². The lowest BCUT2D eigenvalue weighted by Crippen LogP contribution is -2.16. The number of carbonyl (C=O) groups is 1. The van der Waals surface area contributed by atoms with Crippen molar-refractivity contribution in [1.82, 2.24) is 24.4 Å². The van der Waals surface area contributed by atoms with E-state index in [2.05, 4.69) is 36.4 Å². The molecule has 0 spiro atoms. The summed E-state index contributed by atoms with van der Waals surface area (Å²) in [5.74, 6) is -0.206. The monoisotopic (exact) mass is 596 g/mol. The first kappa shape index (κ1) is 26.6. The zero-order chi connectivity index (χ0) is 27.9. The van der Waals surface area contributed by atoms with Gasteiger partial charge in [-0.1, -0.05) is 67.9 Å². The van der Waals surface area contributed by atoms with E-state index in [-0.39, 0.29) is 28.8 Å². The highest BCUT2D eigenvalue weighted by molar-refractivity contribution is 9.10. The number of nitrogens with zero attached hydrogens (tertiary/aromatic N) is 5. The lowest BCUT2D eigenvalue weighted by molar-refractivity contribution is -0.142. The zero-order valence-electron chi connectivity index (χ0n) is 21.3. The van der Waals surface area contributed by atoms with Crippen molar-refractivity contribution in [3.8, 4) is 11.3 Å². The predicted octanol–water partition coefficient (Wildman–Crippen LogP) is 7.11. The van der Waals surface area contributed by atoms with E-state index in [0.29, 0.717) is 21.1 Å². The Bertz CT molecular complexity index is 1650. The van der Waals surface area contributed by atoms with Crippen LogP contribution in [-0.4, -0.2) is 30.3 Å². The lowest BCUT2D eigenvalue weighted by Gasteiger charge is -2.11. The molecule has 1 N–H and O–H groups in total. The molecule has 11 heteroatoms. The highest BCUT2D eigenvalue weighted by Crippen LogP contribution is 2.33. The van der Waals surface area contributed by atoms with Crippen molar-refractivity contribution in [1.29, 1.82) is 0 Å². The van der Waals surface area contributed by atoms with Gasteiger partial charge in [0.15, 0.2) is 22.9 Å². The van der Waals surface area contributed by atoms with Crippen molar-refractivity contribution in [2.75, 3.05) is 5.32 Å². The van der Waals surface area contributed by atoms with E-state index < -0.39 is 17.8 Å². The molecule has 5 aromatic rings. The topological polar surface area (TPSA) is 77.1 Å². The Balaban J connectivity index is 1.44. The largest absolute Gasteiger partial charge is 0.433 e. The molecular weight excluding hydrogens is 573 g/mol. The van der Waals surface area contributed by atoms with Crippen molar-refractivity contribution in [2.45, 2.75) is 39.4 Å². The molecule has 0 aliphatic heterocycles. The summed E-state index contributed by atoms with van der Waals surface area (Å²) >= 11 is 3.38. The summed E-state index contributed by atoms with van der Waals surface area (Å²) < 4.78 is 44.8. The minimum absolute atomic E-state index is 0.0955. The molecule has 0 saturated heterocycles. The number of alkyl halides is 3. The summed E-state index contributed by atoms with van der Waals surface area (Å²) in [4.78, 5) is 17.4. The van der Waals surface area contributed by atoms with Crippen LogP contribution >= 0.6 is 15.9 Å². The van der Waals surface area contributed by atoms with E-state index in [1.54, 1.807) is 23.0 Å². The fraction of sp³-hybridized carbons (Fsp3) is 0.214. The van der Waals surface area contributed by atoms with Crippen LogP contribution in [-0.2, 0) is 12.7 Å². The molecule has 5 rings (SSSR count). The maximum absolute atomic E-state index is 14.0. The predicted molar refractivity (Wildman–Crippen MR) is 146 cm³/mol. The third-order valence-electron chi connectivity index (χ3n) is 6.24. The molecule has 2 aromatic carbocycles. The van der Waals surface area contributed by atoms with Gasteiger partial charge in [0.25, 0.3) is 5.91 Å². The maximum atomic E-state index is 14.0. The molecule has 0 unspecified atom stereocenters. The summed E-state index contributed by atoms with van der Waals surface area (Å²) in [7, 11) is 0. The third-order valence-corrected chi connectivity index (χ3v) is 6.82. The number of anilines is 1. The molecule has 0 fully saturated rings. The fourth-order valence-electron chi connectivity index (χ4n) is 4.09. The van der Waals surface area contributed by atoms with E-state index in [1.165, 1.54) is 6.07 Å². The van der Waals surface area contributed by atoms with Crippen molar-refractivity contribution in [3.05, 3.63) is 99.4 Å². The number of hydrogen-bond donors (Lipinski definition) is 1. The Morgan fingerprint density at radius 2 is 1.72 bits per heavy atom. The standard InChI is InChI=1S/C28H24BrF3N6O/c1-16(2)19-8-10-20(11-9-19)22-12-24(28(30,31)32)38-25(33-22)13-23(35-38)27(39)34-26-21(29)15-37(36-26)14-18-6-4-17(3)5-7-18/h4-13,15-16H,14H2,1-3H3,(H,34,36,39). The highest BCUT2D eigenvalue weighted by atomic mass is 79.9. The van der Waals surface area contributed by atoms with Gasteiger partial charge in [0, 0.05) is 17.8 Å². The van der Waals surface area contributed by atoms with Gasteiger partial charge in [0.05, 0.1) is 16.7 Å². The van der Waals surface area contributed by atoms with Gasteiger partial charge in [-0.15, -0.1) is 0 Å². The second-order valence-electron chi connectivity index (χ2n) is 9.56. The number of benzene rings is 2. The molecule has 7 nitrogen and oxygen atoms in total. The number of rotatable bonds is 6. The van der Waals surface area contributed by atoms with Crippen LogP contribution in [0.2, 0.25) is 0 Å². The van der Waals surface area contributed by atoms with Crippen molar-refractivity contribution < 1.29 is 18.0 Å². The number of hydrogen-bond acceptors (Lipinski definition) is 4. The molecule has 0 aliphatic carbocycles. The van der Waals surface area contributed by atoms with Gasteiger partial charge in [0.2, 0.25) is 0 Å². The fourth-order valence-corrected chi connectivity index (χ4v) is 4.50. The van der Waals surface area contributed by atoms with E-state index in [1.807, 2.05) is 57.2 Å². The second-order valence-corrected chi connectivity index (χ2v) is 10.4. The van der Waals surface area contributed by atoms with Crippen LogP contribution < -0.4 is 5.32 Å². The Morgan fingerprint density at radius 3 is 2.36 bits per heavy atom. The average Bonchev–Trinajstić information content (AvgIpc) is 3.47. The number of aryl methyl sites for hydroxylation is 1. The number of amides is 1. The quantitative estimate of drug-likeness (QED) is 0.227. The normalized spacial score (nSPS) is 11.9. The van der Waals surface area contributed by atoms with Gasteiger partial charge >= 0.3 is 6.18 Å². The van der Waals surface area contributed by atoms with E-state index >= 15 is 0 Å². The van der Waals surface area contributed by atoms with Crippen molar-refractivity contribution in [2.24, 2.45) is 0 Å². The number of carbonyl (C=O) groups excluding carboxylic acids is 1. The molecule has 1 amide bonds. The van der Waals surface area contributed by atoms with Crippen molar-refractivity contribution >= 4 is 33.3 Å². The van der Waals surface area contributed by atoms with Crippen LogP contribution in [0, 0.1) is 6.92 Å². The van der Waals surface area contributed by atoms with E-state index in [0.717, 1.165) is 22.8 Å². The Hall–Kier alpha value is -3.99. The minimum Gasteiger partial charge on any atom is -0.303 e. The molecule has 200 valence electrons. The Labute approximate surface area is 230 Å². The van der Waals surface area contributed by atoms with Gasteiger partial charge in [-0.25, -0.2) is 9.50 Å². The van der Waals surface area contributed by atoms with Gasteiger partial charge < -0.3 is 5.32 Å². The Morgan fingerprint density at radius 1 is 1.03 bits per heavy atom. The van der Waals surface area contributed by atoms with E-state index in [4.69, 9.17) is 0 Å². The number of nitrogens with one attached hydrogen (secondary N) is 1. The summed E-state index contributed by atoms with van der Waals surface area (Å²) in [6.07, 6.45) is -3.01. The molecule has 3 aromatic heterocycles. The van der Waals surface area contributed by atoms with Crippen LogP contribution in [0.15, 0.2) is 71.3 Å². The average molecular weight is 597 g/mol. The summed E-state index contributed by atoms with van der Waals surface area (Å²) in [6.45, 7) is 6.54. The first-order valence-electron chi connectivity index (χ1n) is 12.2. The molecule has 0 radical (unpaired) electrons. The molecule has 0 saturated carbocycles. The van der Waals surface area contributed by atoms with Gasteiger partial charge in [-0.05, 0) is 46.0 Å². The molecule has 39 heavy (non-hydrogen) atoms. The summed E-state index contributed by atoms with van der Waals surface area (Å²) in [5, 5.41) is 10.9. The SMILES string of the molecule is Cc1ccc(Cn2cc(Br)c(NC(=O)c3cc4nc(-c5ccc(C(C)C)cc5)cc(C(F)(F)F)n4n3)n2)cc1. The van der Waals surface area contributed by atoms with Crippen LogP contribution in [0.3, 0.4) is 0 Å². The zero-order valence-corrected chi connectivity index (χ0v) is 22.9. The summed E-state index contributed by atoms with van der Waals surface area (Å²) in [5.41, 5.74) is 2.54. The maximum Gasteiger partial charge on any atom is 0.433 e. The molecule has 0 bridgehead atoms. The minimum atomic E-state index is -4.72. The highest BCUT2D eigenvalue weighted by Gasteiger charge is 2.35. The van der Waals surface area contributed by atoms with Crippen LogP contribution in [0.25, 0.3) is 16.9 Å². The molecule has 3 heterocycles. The third kappa shape index (κ3) is 5.73. The van der Waals surface area contributed by atoms with Crippen molar-refractivity contribution in [3.63, 3.8) is 0 Å². The van der Waals surface area contributed by atoms with Crippen LogP contribution in [0.4, 0.5) is 19.0 Å². The first-order chi connectivity index (χ1) is 18.5. The van der Waals surface area contributed by atoms with Gasteiger partial charge in [-0.3, -0.25) is 9.48 Å². The molecular formula is C28H24BrF3N6O. The van der Waals surface area contributed by atoms with Gasteiger partial charge in [0.1, 0.15) is 0 Å². The number of aromatic nitrogens is 5. The first-order valence-corrected chi connectivity index (χ1v) is 13.0. The lowest BCUT2D eigenvalue weighted by atomic mass is 10.0. The van der Waals surface area contributed by atoms with Crippen LogP contribution in [0.5, 0.6) is 0 Å². The Kier molecular flexibility index (Phi) is 7.02. The van der Waals surface area contributed by atoms with Gasteiger partial charge in [-0.2, -0.15) is 23.4 Å². The van der Waals surface area contributed by atoms with E-state index in [9.17, 15) is 18.0 Å². The smallest absolute Gasteiger partial charge is 0.303 e. The number of halogens is 4.